The van der Waals surface area contributed by atoms with Crippen molar-refractivity contribution in [2.24, 2.45) is 0 Å². The van der Waals surface area contributed by atoms with E-state index in [2.05, 4.69) is 38.1 Å². The monoisotopic (exact) mass is 319 g/mol. The van der Waals surface area contributed by atoms with E-state index in [-0.39, 0.29) is 11.9 Å². The zero-order valence-electron chi connectivity index (χ0n) is 13.8. The van der Waals surface area contributed by atoms with Gasteiger partial charge in [-0.15, -0.1) is 11.3 Å². The largest absolute Gasteiger partial charge is 0.306 e. The van der Waals surface area contributed by atoms with Crippen LogP contribution in [0.2, 0.25) is 0 Å². The van der Waals surface area contributed by atoms with Crippen LogP contribution < -0.4 is 5.32 Å². The number of nitrogens with zero attached hydrogens (tertiary/aromatic N) is 2. The lowest BCUT2D eigenvalue weighted by atomic mass is 10.1. The SMILES string of the molecule is CCCc1sc(C(=O)Nc2ccnn2C(C)CC)cc1CC. The maximum absolute atomic E-state index is 12.5. The molecule has 0 fully saturated rings. The molecule has 0 saturated heterocycles. The van der Waals surface area contributed by atoms with Gasteiger partial charge in [0.05, 0.1) is 17.1 Å². The number of thiophene rings is 1. The molecule has 0 aliphatic rings. The van der Waals surface area contributed by atoms with Crippen molar-refractivity contribution in [2.75, 3.05) is 5.32 Å². The van der Waals surface area contributed by atoms with Crippen LogP contribution in [0.25, 0.3) is 0 Å². The molecule has 2 rings (SSSR count). The third-order valence-corrected chi connectivity index (χ3v) is 5.13. The maximum Gasteiger partial charge on any atom is 0.266 e. The van der Waals surface area contributed by atoms with E-state index < -0.39 is 0 Å². The molecule has 0 saturated carbocycles. The number of rotatable bonds is 7. The number of carbonyl (C=O) groups is 1. The molecule has 0 bridgehead atoms. The van der Waals surface area contributed by atoms with Gasteiger partial charge in [-0.2, -0.15) is 5.10 Å². The molecule has 0 spiro atoms. The molecular weight excluding hydrogens is 294 g/mol. The van der Waals surface area contributed by atoms with Crippen LogP contribution >= 0.6 is 11.3 Å². The third kappa shape index (κ3) is 3.58. The molecule has 4 nitrogen and oxygen atoms in total. The van der Waals surface area contributed by atoms with Gasteiger partial charge in [0.1, 0.15) is 5.82 Å². The quantitative estimate of drug-likeness (QED) is 0.805. The molecule has 1 N–H and O–H groups in total. The summed E-state index contributed by atoms with van der Waals surface area (Å²) in [6.07, 6.45) is 5.84. The summed E-state index contributed by atoms with van der Waals surface area (Å²) in [5.74, 6) is 0.731. The van der Waals surface area contributed by atoms with Gasteiger partial charge in [-0.1, -0.05) is 27.2 Å². The molecule has 5 heteroatoms. The lowest BCUT2D eigenvalue weighted by Crippen LogP contribution is -2.16. The number of nitrogens with one attached hydrogen (secondary N) is 1. The van der Waals surface area contributed by atoms with Crippen LogP contribution in [0.1, 0.15) is 66.7 Å². The Kier molecular flexibility index (Phi) is 5.77. The van der Waals surface area contributed by atoms with Gasteiger partial charge < -0.3 is 5.32 Å². The fourth-order valence-electron chi connectivity index (χ4n) is 2.43. The van der Waals surface area contributed by atoms with Crippen molar-refractivity contribution in [3.63, 3.8) is 0 Å². The van der Waals surface area contributed by atoms with E-state index >= 15 is 0 Å². The molecule has 0 radical (unpaired) electrons. The van der Waals surface area contributed by atoms with Gasteiger partial charge in [-0.05, 0) is 37.8 Å². The highest BCUT2D eigenvalue weighted by Crippen LogP contribution is 2.26. The Bertz CT molecular complexity index is 630. The van der Waals surface area contributed by atoms with E-state index in [4.69, 9.17) is 0 Å². The van der Waals surface area contributed by atoms with E-state index in [1.807, 2.05) is 16.8 Å². The summed E-state index contributed by atoms with van der Waals surface area (Å²) in [7, 11) is 0. The van der Waals surface area contributed by atoms with Crippen molar-refractivity contribution in [3.8, 4) is 0 Å². The van der Waals surface area contributed by atoms with E-state index in [9.17, 15) is 4.79 Å². The predicted octanol–water partition coefficient (Wildman–Crippen LogP) is 4.68. The summed E-state index contributed by atoms with van der Waals surface area (Å²) >= 11 is 1.62. The number of carbonyl (C=O) groups excluding carboxylic acids is 1. The highest BCUT2D eigenvalue weighted by atomic mass is 32.1. The molecule has 1 atom stereocenters. The van der Waals surface area contributed by atoms with Crippen molar-refractivity contribution in [1.29, 1.82) is 0 Å². The summed E-state index contributed by atoms with van der Waals surface area (Å²) in [6, 6.07) is 4.16. The van der Waals surface area contributed by atoms with Gasteiger partial charge in [-0.3, -0.25) is 4.79 Å². The van der Waals surface area contributed by atoms with Gasteiger partial charge in [0, 0.05) is 10.9 Å². The van der Waals surface area contributed by atoms with Gasteiger partial charge in [0.25, 0.3) is 5.91 Å². The molecule has 2 heterocycles. The van der Waals surface area contributed by atoms with Gasteiger partial charge in [0.15, 0.2) is 0 Å². The molecule has 22 heavy (non-hydrogen) atoms. The van der Waals surface area contributed by atoms with E-state index in [1.165, 1.54) is 10.4 Å². The van der Waals surface area contributed by atoms with Gasteiger partial charge in [-0.25, -0.2) is 4.68 Å². The normalized spacial score (nSPS) is 12.4. The molecule has 120 valence electrons. The van der Waals surface area contributed by atoms with Crippen molar-refractivity contribution in [2.45, 2.75) is 59.4 Å². The first-order valence-corrected chi connectivity index (χ1v) is 8.88. The smallest absolute Gasteiger partial charge is 0.266 e. The lowest BCUT2D eigenvalue weighted by molar-refractivity contribution is 0.102. The molecule has 0 aliphatic heterocycles. The number of anilines is 1. The molecule has 0 aromatic carbocycles. The first kappa shape index (κ1) is 16.7. The zero-order chi connectivity index (χ0) is 16.1. The van der Waals surface area contributed by atoms with Crippen molar-refractivity contribution < 1.29 is 4.79 Å². The average molecular weight is 319 g/mol. The highest BCUT2D eigenvalue weighted by Gasteiger charge is 2.16. The van der Waals surface area contributed by atoms with Crippen LogP contribution in [0.4, 0.5) is 5.82 Å². The van der Waals surface area contributed by atoms with Crippen molar-refractivity contribution in [3.05, 3.63) is 33.6 Å². The fraction of sp³-hybridized carbons (Fsp3) is 0.529. The second kappa shape index (κ2) is 7.58. The summed E-state index contributed by atoms with van der Waals surface area (Å²) < 4.78 is 1.87. The van der Waals surface area contributed by atoms with Crippen LogP contribution in [0, 0.1) is 0 Å². The average Bonchev–Trinajstić information content (AvgIpc) is 3.13. The molecular formula is C17H25N3OS. The Morgan fingerprint density at radius 2 is 2.18 bits per heavy atom. The number of aromatic nitrogens is 2. The predicted molar refractivity (Wildman–Crippen MR) is 92.9 cm³/mol. The number of amides is 1. The van der Waals surface area contributed by atoms with Crippen LogP contribution in [0.3, 0.4) is 0 Å². The van der Waals surface area contributed by atoms with E-state index in [0.717, 1.165) is 36.4 Å². The molecule has 1 amide bonds. The van der Waals surface area contributed by atoms with Crippen LogP contribution in [-0.4, -0.2) is 15.7 Å². The van der Waals surface area contributed by atoms with E-state index in [1.54, 1.807) is 17.5 Å². The van der Waals surface area contributed by atoms with E-state index in [0.29, 0.717) is 0 Å². The van der Waals surface area contributed by atoms with Crippen LogP contribution in [0.5, 0.6) is 0 Å². The minimum Gasteiger partial charge on any atom is -0.306 e. The van der Waals surface area contributed by atoms with Crippen molar-refractivity contribution in [1.82, 2.24) is 9.78 Å². The standard InChI is InChI=1S/C17H25N3OS/c1-5-8-14-13(7-3)11-15(22-14)17(21)19-16-9-10-18-20(16)12(4)6-2/h9-12H,5-8H2,1-4H3,(H,19,21). The Labute approximate surface area is 136 Å². The summed E-state index contributed by atoms with van der Waals surface area (Å²) in [6.45, 7) is 8.52. The number of aryl methyl sites for hydroxylation is 2. The fourth-order valence-corrected chi connectivity index (χ4v) is 3.68. The first-order chi connectivity index (χ1) is 10.6. The number of hydrogen-bond donors (Lipinski definition) is 1. The molecule has 0 aliphatic carbocycles. The van der Waals surface area contributed by atoms with Crippen LogP contribution in [0.15, 0.2) is 18.3 Å². The lowest BCUT2D eigenvalue weighted by Gasteiger charge is -2.13. The second-order valence-corrected chi connectivity index (χ2v) is 6.67. The summed E-state index contributed by atoms with van der Waals surface area (Å²) in [5.41, 5.74) is 1.30. The Morgan fingerprint density at radius 1 is 1.41 bits per heavy atom. The minimum absolute atomic E-state index is 0.0351. The Morgan fingerprint density at radius 3 is 2.82 bits per heavy atom. The molecule has 2 aromatic heterocycles. The maximum atomic E-state index is 12.5. The Hall–Kier alpha value is -1.62. The number of hydrogen-bond acceptors (Lipinski definition) is 3. The third-order valence-electron chi connectivity index (χ3n) is 3.90. The first-order valence-electron chi connectivity index (χ1n) is 8.07. The summed E-state index contributed by atoms with van der Waals surface area (Å²) in [4.78, 5) is 14.6. The zero-order valence-corrected chi connectivity index (χ0v) is 14.7. The van der Waals surface area contributed by atoms with Crippen LogP contribution in [-0.2, 0) is 12.8 Å². The highest BCUT2D eigenvalue weighted by molar-refractivity contribution is 7.14. The van der Waals surface area contributed by atoms with Gasteiger partial charge in [0.2, 0.25) is 0 Å². The topological polar surface area (TPSA) is 46.9 Å². The Balaban J connectivity index is 2.17. The molecule has 1 unspecified atom stereocenters. The van der Waals surface area contributed by atoms with Crippen molar-refractivity contribution >= 4 is 23.1 Å². The second-order valence-electron chi connectivity index (χ2n) is 5.54. The molecule has 2 aromatic rings. The van der Waals surface area contributed by atoms with Gasteiger partial charge >= 0.3 is 0 Å². The summed E-state index contributed by atoms with van der Waals surface area (Å²) in [5, 5.41) is 7.31. The minimum atomic E-state index is -0.0351.